The molecule has 0 aromatic heterocycles. The molecule has 0 aliphatic carbocycles. The molecule has 186 valence electrons. The van der Waals surface area contributed by atoms with Gasteiger partial charge in [0, 0.05) is 10.2 Å². The van der Waals surface area contributed by atoms with Crippen molar-refractivity contribution < 1.29 is 17.9 Å². The normalized spacial score (nSPS) is 11.2. The van der Waals surface area contributed by atoms with Gasteiger partial charge in [-0.3, -0.25) is 9.52 Å². The molecular formula is C27H31BrN2O4S. The number of sulfonamides is 1. The van der Waals surface area contributed by atoms with Gasteiger partial charge in [0.1, 0.15) is 5.75 Å². The molecule has 0 radical (unpaired) electrons. The lowest BCUT2D eigenvalue weighted by molar-refractivity contribution is 0.102. The highest BCUT2D eigenvalue weighted by atomic mass is 79.9. The number of hydrogen-bond donors (Lipinski definition) is 2. The van der Waals surface area contributed by atoms with E-state index in [1.807, 2.05) is 32.0 Å². The van der Waals surface area contributed by atoms with Crippen LogP contribution in [-0.4, -0.2) is 20.9 Å². The molecule has 0 saturated heterocycles. The first-order valence-electron chi connectivity index (χ1n) is 11.6. The van der Waals surface area contributed by atoms with E-state index in [1.54, 1.807) is 30.3 Å². The fourth-order valence-electron chi connectivity index (χ4n) is 3.56. The summed E-state index contributed by atoms with van der Waals surface area (Å²) in [6.07, 6.45) is 4.32. The number of ether oxygens (including phenoxy) is 1. The van der Waals surface area contributed by atoms with Crippen molar-refractivity contribution in [3.05, 3.63) is 81.8 Å². The zero-order chi connectivity index (χ0) is 25.4. The molecule has 0 fully saturated rings. The average Bonchev–Trinajstić information content (AvgIpc) is 2.82. The summed E-state index contributed by atoms with van der Waals surface area (Å²) < 4.78 is 34.9. The molecule has 0 saturated carbocycles. The number of nitrogens with one attached hydrogen (secondary N) is 2. The van der Waals surface area contributed by atoms with Gasteiger partial charge < -0.3 is 10.1 Å². The third-order valence-corrected chi connectivity index (χ3v) is 7.37. The first kappa shape index (κ1) is 26.8. The predicted molar refractivity (Wildman–Crippen MR) is 145 cm³/mol. The highest BCUT2D eigenvalue weighted by Crippen LogP contribution is 2.26. The highest BCUT2D eigenvalue weighted by molar-refractivity contribution is 9.10. The summed E-state index contributed by atoms with van der Waals surface area (Å²) in [5.74, 6) is 0.179. The summed E-state index contributed by atoms with van der Waals surface area (Å²) in [7, 11) is -3.76. The maximum atomic E-state index is 13.0. The van der Waals surface area contributed by atoms with Gasteiger partial charge in [-0.2, -0.15) is 0 Å². The zero-order valence-corrected chi connectivity index (χ0v) is 22.6. The van der Waals surface area contributed by atoms with Crippen molar-refractivity contribution >= 4 is 43.2 Å². The molecule has 0 bridgehead atoms. The number of unbranched alkanes of at least 4 members (excludes halogenated alkanes) is 3. The van der Waals surface area contributed by atoms with Crippen molar-refractivity contribution in [3.8, 4) is 5.75 Å². The first-order chi connectivity index (χ1) is 16.7. The summed E-state index contributed by atoms with van der Waals surface area (Å²) in [5.41, 5.74) is 3.32. The van der Waals surface area contributed by atoms with Gasteiger partial charge in [0.2, 0.25) is 0 Å². The second-order valence-corrected chi connectivity index (χ2v) is 11.1. The molecule has 3 aromatic rings. The van der Waals surface area contributed by atoms with E-state index in [2.05, 4.69) is 32.9 Å². The first-order valence-corrected chi connectivity index (χ1v) is 13.9. The average molecular weight is 560 g/mol. The summed E-state index contributed by atoms with van der Waals surface area (Å²) in [6.45, 7) is 6.51. The molecule has 0 heterocycles. The molecule has 0 spiro atoms. The summed E-state index contributed by atoms with van der Waals surface area (Å²) in [5, 5.41) is 2.83. The van der Waals surface area contributed by atoms with E-state index < -0.39 is 10.0 Å². The Balaban J connectivity index is 1.69. The molecule has 8 heteroatoms. The maximum Gasteiger partial charge on any atom is 0.261 e. The van der Waals surface area contributed by atoms with Gasteiger partial charge in [-0.1, -0.05) is 59.8 Å². The van der Waals surface area contributed by atoms with E-state index in [4.69, 9.17) is 4.74 Å². The van der Waals surface area contributed by atoms with E-state index in [1.165, 1.54) is 12.1 Å². The Morgan fingerprint density at radius 2 is 1.69 bits per heavy atom. The lowest BCUT2D eigenvalue weighted by Gasteiger charge is -2.13. The number of aryl methyl sites for hydroxylation is 2. The van der Waals surface area contributed by atoms with E-state index in [9.17, 15) is 13.2 Å². The number of amides is 1. The standard InChI is InChI=1S/C27H31BrN2O4S/c1-4-5-6-7-16-34-26-15-9-21(28)18-24(26)27(31)29-22-10-12-23(13-11-22)35(32,33)30-25-14-8-19(2)17-20(25)3/h8-15,17-18,30H,4-7,16H2,1-3H3,(H,29,31). The third-order valence-electron chi connectivity index (χ3n) is 5.49. The quantitative estimate of drug-likeness (QED) is 0.246. The van der Waals surface area contributed by atoms with Crippen LogP contribution in [0.2, 0.25) is 0 Å². The van der Waals surface area contributed by atoms with Gasteiger partial charge in [-0.25, -0.2) is 8.42 Å². The van der Waals surface area contributed by atoms with Crippen molar-refractivity contribution in [2.75, 3.05) is 16.6 Å². The minimum absolute atomic E-state index is 0.106. The lowest BCUT2D eigenvalue weighted by Crippen LogP contribution is -2.15. The number of carbonyl (C=O) groups excluding carboxylic acids is 1. The molecule has 0 aliphatic rings. The Morgan fingerprint density at radius 3 is 2.37 bits per heavy atom. The van der Waals surface area contributed by atoms with Gasteiger partial charge in [-0.15, -0.1) is 0 Å². The van der Waals surface area contributed by atoms with E-state index in [0.29, 0.717) is 29.3 Å². The number of anilines is 2. The van der Waals surface area contributed by atoms with Crippen molar-refractivity contribution in [2.45, 2.75) is 51.3 Å². The van der Waals surface area contributed by atoms with E-state index in [0.717, 1.165) is 41.3 Å². The van der Waals surface area contributed by atoms with Crippen LogP contribution in [0, 0.1) is 13.8 Å². The van der Waals surface area contributed by atoms with Gasteiger partial charge >= 0.3 is 0 Å². The molecule has 6 nitrogen and oxygen atoms in total. The minimum Gasteiger partial charge on any atom is -0.493 e. The lowest BCUT2D eigenvalue weighted by atomic mass is 10.1. The molecule has 1 amide bonds. The topological polar surface area (TPSA) is 84.5 Å². The van der Waals surface area contributed by atoms with Crippen LogP contribution in [0.3, 0.4) is 0 Å². The van der Waals surface area contributed by atoms with Crippen LogP contribution in [0.15, 0.2) is 70.0 Å². The maximum absolute atomic E-state index is 13.0. The van der Waals surface area contributed by atoms with Gasteiger partial charge in [0.15, 0.2) is 0 Å². The molecule has 0 atom stereocenters. The Labute approximate surface area is 216 Å². The monoisotopic (exact) mass is 558 g/mol. The second kappa shape index (κ2) is 12.2. The van der Waals surface area contributed by atoms with E-state index >= 15 is 0 Å². The fraction of sp³-hybridized carbons (Fsp3) is 0.296. The fourth-order valence-corrected chi connectivity index (χ4v) is 5.06. The van der Waals surface area contributed by atoms with Crippen LogP contribution >= 0.6 is 15.9 Å². The molecule has 2 N–H and O–H groups in total. The number of benzene rings is 3. The van der Waals surface area contributed by atoms with Gasteiger partial charge in [-0.05, 0) is 74.4 Å². The molecule has 3 aromatic carbocycles. The Bertz CT molecular complexity index is 1270. The Kier molecular flexibility index (Phi) is 9.34. The summed E-state index contributed by atoms with van der Waals surface area (Å²) in [6, 6.07) is 16.9. The third kappa shape index (κ3) is 7.57. The Hall–Kier alpha value is -2.84. The molecule has 0 unspecified atom stereocenters. The number of rotatable bonds is 11. The van der Waals surface area contributed by atoms with Crippen LogP contribution in [0.25, 0.3) is 0 Å². The van der Waals surface area contributed by atoms with Crippen molar-refractivity contribution in [3.63, 3.8) is 0 Å². The number of carbonyl (C=O) groups is 1. The van der Waals surface area contributed by atoms with E-state index in [-0.39, 0.29) is 10.8 Å². The van der Waals surface area contributed by atoms with Crippen molar-refractivity contribution in [2.24, 2.45) is 0 Å². The zero-order valence-electron chi connectivity index (χ0n) is 20.2. The van der Waals surface area contributed by atoms with Crippen LogP contribution in [0.1, 0.15) is 54.1 Å². The smallest absolute Gasteiger partial charge is 0.261 e. The molecule has 0 aliphatic heterocycles. The highest BCUT2D eigenvalue weighted by Gasteiger charge is 2.17. The number of halogens is 1. The van der Waals surface area contributed by atoms with Gasteiger partial charge in [0.25, 0.3) is 15.9 Å². The SMILES string of the molecule is CCCCCCOc1ccc(Br)cc1C(=O)Nc1ccc(S(=O)(=O)Nc2ccc(C)cc2C)cc1. The van der Waals surface area contributed by atoms with Gasteiger partial charge in [0.05, 0.1) is 22.8 Å². The second-order valence-electron chi connectivity index (χ2n) is 8.45. The van der Waals surface area contributed by atoms with Crippen LogP contribution in [-0.2, 0) is 10.0 Å². The largest absolute Gasteiger partial charge is 0.493 e. The minimum atomic E-state index is -3.76. The Morgan fingerprint density at radius 1 is 0.943 bits per heavy atom. The molecule has 35 heavy (non-hydrogen) atoms. The molecule has 3 rings (SSSR count). The summed E-state index contributed by atoms with van der Waals surface area (Å²) >= 11 is 3.41. The van der Waals surface area contributed by atoms with Crippen LogP contribution < -0.4 is 14.8 Å². The molecular weight excluding hydrogens is 528 g/mol. The number of hydrogen-bond acceptors (Lipinski definition) is 4. The predicted octanol–water partition coefficient (Wildman–Crippen LogP) is 7.08. The van der Waals surface area contributed by atoms with Crippen molar-refractivity contribution in [1.29, 1.82) is 0 Å². The summed E-state index contributed by atoms with van der Waals surface area (Å²) in [4.78, 5) is 13.1. The van der Waals surface area contributed by atoms with Crippen LogP contribution in [0.5, 0.6) is 5.75 Å². The van der Waals surface area contributed by atoms with Crippen molar-refractivity contribution in [1.82, 2.24) is 0 Å². The van der Waals surface area contributed by atoms with Crippen LogP contribution in [0.4, 0.5) is 11.4 Å².